The van der Waals surface area contributed by atoms with Gasteiger partial charge in [0.15, 0.2) is 4.32 Å². The second-order valence-corrected chi connectivity index (χ2v) is 9.54. The maximum absolute atomic E-state index is 12.9. The topological polar surface area (TPSA) is 46.6 Å². The fraction of sp³-hybridized carbons (Fsp3) is 0. The number of amides is 1. The summed E-state index contributed by atoms with van der Waals surface area (Å²) in [6, 6.07) is 18.2. The van der Waals surface area contributed by atoms with Crippen molar-refractivity contribution in [3.63, 3.8) is 0 Å². The van der Waals surface area contributed by atoms with Crippen LogP contribution in [0, 0.1) is 0 Å². The maximum atomic E-state index is 12.9. The van der Waals surface area contributed by atoms with Crippen molar-refractivity contribution >= 4 is 86.7 Å². The van der Waals surface area contributed by atoms with Crippen LogP contribution in [0.3, 0.4) is 0 Å². The van der Waals surface area contributed by atoms with E-state index in [1.807, 2.05) is 0 Å². The molecule has 3 aromatic rings. The van der Waals surface area contributed by atoms with E-state index < -0.39 is 5.97 Å². The van der Waals surface area contributed by atoms with Crippen LogP contribution in [-0.4, -0.2) is 16.2 Å². The Morgan fingerprint density at radius 3 is 2.38 bits per heavy atom. The third-order valence-electron chi connectivity index (χ3n) is 4.40. The number of nitrogens with zero attached hydrogens (tertiary/aromatic N) is 1. The Bertz CT molecular complexity index is 1280. The molecular weight excluding hydrogens is 509 g/mol. The van der Waals surface area contributed by atoms with E-state index in [1.54, 1.807) is 60.7 Å². The smallest absolute Gasteiger partial charge is 0.345 e. The number of thiocarbonyl (C=S) groups is 1. The number of carbonyl (C=O) groups is 2. The number of anilines is 1. The molecule has 160 valence electrons. The Morgan fingerprint density at radius 2 is 1.69 bits per heavy atom. The Balaban J connectivity index is 1.49. The molecule has 0 aliphatic carbocycles. The zero-order chi connectivity index (χ0) is 22.8. The predicted molar refractivity (Wildman–Crippen MR) is 135 cm³/mol. The van der Waals surface area contributed by atoms with Gasteiger partial charge in [-0.25, -0.2) is 4.79 Å². The number of benzene rings is 3. The summed E-state index contributed by atoms with van der Waals surface area (Å²) in [7, 11) is 0. The molecule has 1 saturated heterocycles. The van der Waals surface area contributed by atoms with Gasteiger partial charge in [0.25, 0.3) is 5.91 Å². The van der Waals surface area contributed by atoms with Gasteiger partial charge in [-0.1, -0.05) is 77.0 Å². The van der Waals surface area contributed by atoms with Gasteiger partial charge in [-0.05, 0) is 60.2 Å². The second-order valence-electron chi connectivity index (χ2n) is 6.58. The highest BCUT2D eigenvalue weighted by molar-refractivity contribution is 8.27. The first-order valence-corrected chi connectivity index (χ1v) is 11.5. The zero-order valence-corrected chi connectivity index (χ0v) is 20.0. The predicted octanol–water partition coefficient (Wildman–Crippen LogP) is 7.27. The van der Waals surface area contributed by atoms with Gasteiger partial charge in [0, 0.05) is 10.0 Å². The summed E-state index contributed by atoms with van der Waals surface area (Å²) in [6.45, 7) is 0. The summed E-state index contributed by atoms with van der Waals surface area (Å²) < 4.78 is 5.79. The summed E-state index contributed by atoms with van der Waals surface area (Å²) in [6.07, 6.45) is 1.73. The number of halogens is 3. The van der Waals surface area contributed by atoms with Crippen LogP contribution < -0.4 is 9.64 Å². The molecule has 0 radical (unpaired) electrons. The number of hydrogen-bond acceptors (Lipinski definition) is 5. The summed E-state index contributed by atoms with van der Waals surface area (Å²) in [5.41, 5.74) is 1.58. The highest BCUT2D eigenvalue weighted by Gasteiger charge is 2.33. The molecule has 1 aliphatic rings. The molecule has 0 saturated carbocycles. The van der Waals surface area contributed by atoms with Gasteiger partial charge in [0.05, 0.1) is 21.2 Å². The fourth-order valence-corrected chi connectivity index (χ4v) is 4.88. The van der Waals surface area contributed by atoms with Crippen molar-refractivity contribution in [3.05, 3.63) is 97.8 Å². The van der Waals surface area contributed by atoms with Crippen LogP contribution in [0.5, 0.6) is 5.75 Å². The second kappa shape index (κ2) is 9.65. The Hall–Kier alpha value is -2.35. The van der Waals surface area contributed by atoms with Crippen molar-refractivity contribution in [3.8, 4) is 5.75 Å². The fourth-order valence-electron chi connectivity index (χ4n) is 2.91. The Morgan fingerprint density at radius 1 is 0.969 bits per heavy atom. The van der Waals surface area contributed by atoms with E-state index in [4.69, 9.17) is 51.8 Å². The van der Waals surface area contributed by atoms with Gasteiger partial charge in [-0.15, -0.1) is 0 Å². The van der Waals surface area contributed by atoms with E-state index in [9.17, 15) is 9.59 Å². The van der Waals surface area contributed by atoms with Crippen molar-refractivity contribution in [1.82, 2.24) is 0 Å². The van der Waals surface area contributed by atoms with Crippen LogP contribution in [0.15, 0.2) is 71.6 Å². The first-order valence-electron chi connectivity index (χ1n) is 9.12. The first kappa shape index (κ1) is 22.8. The highest BCUT2D eigenvalue weighted by atomic mass is 35.5. The average molecular weight is 521 g/mol. The largest absolute Gasteiger partial charge is 0.423 e. The lowest BCUT2D eigenvalue weighted by Crippen LogP contribution is -2.27. The van der Waals surface area contributed by atoms with Crippen LogP contribution in [0.4, 0.5) is 5.69 Å². The Kier molecular flexibility index (Phi) is 6.88. The average Bonchev–Trinajstić information content (AvgIpc) is 3.02. The standard InChI is InChI=1S/C23H12Cl3NO3S2/c24-14-2-1-3-16(11-14)27-21(28)20(32-23(27)31)10-13-4-7-17(8-5-13)30-22(29)18-9-6-15(25)12-19(18)26/h1-12H/b20-10+. The summed E-state index contributed by atoms with van der Waals surface area (Å²) in [4.78, 5) is 27.1. The Labute approximate surface area is 208 Å². The van der Waals surface area contributed by atoms with E-state index in [0.29, 0.717) is 30.7 Å². The first-order chi connectivity index (χ1) is 15.3. The minimum Gasteiger partial charge on any atom is -0.423 e. The number of hydrogen-bond donors (Lipinski definition) is 0. The van der Waals surface area contributed by atoms with Gasteiger partial charge in [0.2, 0.25) is 0 Å². The van der Waals surface area contributed by atoms with Crippen LogP contribution in [-0.2, 0) is 4.79 Å². The lowest BCUT2D eigenvalue weighted by Gasteiger charge is -2.14. The molecule has 0 bridgehead atoms. The molecule has 3 aromatic carbocycles. The van der Waals surface area contributed by atoms with E-state index in [2.05, 4.69) is 0 Å². The van der Waals surface area contributed by atoms with Crippen LogP contribution in [0.25, 0.3) is 6.08 Å². The lowest BCUT2D eigenvalue weighted by molar-refractivity contribution is -0.113. The SMILES string of the molecule is O=C(Oc1ccc(/C=C2/SC(=S)N(c3cccc(Cl)c3)C2=O)cc1)c1ccc(Cl)cc1Cl. The molecule has 0 unspecified atom stereocenters. The molecule has 4 rings (SSSR count). The van der Waals surface area contributed by atoms with Crippen LogP contribution in [0.2, 0.25) is 15.1 Å². The van der Waals surface area contributed by atoms with Gasteiger partial charge >= 0.3 is 5.97 Å². The molecule has 1 heterocycles. The molecule has 9 heteroatoms. The van der Waals surface area contributed by atoms with Gasteiger partial charge in [-0.3, -0.25) is 9.69 Å². The summed E-state index contributed by atoms with van der Waals surface area (Å²) in [5, 5.41) is 1.16. The maximum Gasteiger partial charge on any atom is 0.345 e. The van der Waals surface area contributed by atoms with Crippen LogP contribution in [0.1, 0.15) is 15.9 Å². The quantitative estimate of drug-likeness (QED) is 0.157. The molecule has 4 nitrogen and oxygen atoms in total. The molecule has 0 N–H and O–H groups in total. The van der Waals surface area contributed by atoms with Gasteiger partial charge in [-0.2, -0.15) is 0 Å². The molecule has 32 heavy (non-hydrogen) atoms. The monoisotopic (exact) mass is 519 g/mol. The minimum absolute atomic E-state index is 0.209. The minimum atomic E-state index is -0.596. The normalized spacial score (nSPS) is 14.8. The molecule has 0 aromatic heterocycles. The molecule has 1 amide bonds. The van der Waals surface area contributed by atoms with E-state index >= 15 is 0 Å². The van der Waals surface area contributed by atoms with Gasteiger partial charge in [0.1, 0.15) is 5.75 Å². The van der Waals surface area contributed by atoms with E-state index in [1.165, 1.54) is 28.8 Å². The van der Waals surface area contributed by atoms with E-state index in [-0.39, 0.29) is 16.5 Å². The number of esters is 1. The number of rotatable bonds is 4. The molecule has 0 atom stereocenters. The molecule has 0 spiro atoms. The lowest BCUT2D eigenvalue weighted by atomic mass is 10.2. The number of ether oxygens (including phenoxy) is 1. The van der Waals surface area contributed by atoms with Crippen molar-refractivity contribution in [2.24, 2.45) is 0 Å². The third-order valence-corrected chi connectivity index (χ3v) is 6.48. The van der Waals surface area contributed by atoms with Crippen molar-refractivity contribution in [2.75, 3.05) is 4.90 Å². The number of carbonyl (C=O) groups excluding carboxylic acids is 2. The molecule has 1 fully saturated rings. The summed E-state index contributed by atoms with van der Waals surface area (Å²) in [5.74, 6) is -0.485. The third kappa shape index (κ3) is 5.00. The van der Waals surface area contributed by atoms with Crippen molar-refractivity contribution < 1.29 is 14.3 Å². The van der Waals surface area contributed by atoms with Crippen LogP contribution >= 0.6 is 58.8 Å². The number of thioether (sulfide) groups is 1. The summed E-state index contributed by atoms with van der Waals surface area (Å²) >= 11 is 24.5. The zero-order valence-electron chi connectivity index (χ0n) is 16.1. The molecular formula is C23H12Cl3NO3S2. The van der Waals surface area contributed by atoms with Crippen molar-refractivity contribution in [1.29, 1.82) is 0 Å². The van der Waals surface area contributed by atoms with Crippen molar-refractivity contribution in [2.45, 2.75) is 0 Å². The molecule has 1 aliphatic heterocycles. The highest BCUT2D eigenvalue weighted by Crippen LogP contribution is 2.36. The van der Waals surface area contributed by atoms with Gasteiger partial charge < -0.3 is 4.74 Å². The van der Waals surface area contributed by atoms with E-state index in [0.717, 1.165) is 5.56 Å².